The summed E-state index contributed by atoms with van der Waals surface area (Å²) in [5.74, 6) is 2.40. The monoisotopic (exact) mass is 560 g/mol. The Morgan fingerprint density at radius 2 is 1.05 bits per heavy atom. The Bertz CT molecular complexity index is 2010. The zero-order chi connectivity index (χ0) is 29.7. The lowest BCUT2D eigenvalue weighted by Gasteiger charge is -2.23. The third-order valence-electron chi connectivity index (χ3n) is 8.58. The topological polar surface area (TPSA) is 35.6 Å². The van der Waals surface area contributed by atoms with E-state index in [1.807, 2.05) is 0 Å². The van der Waals surface area contributed by atoms with Gasteiger partial charge in [0.1, 0.15) is 0 Å². The van der Waals surface area contributed by atoms with Crippen molar-refractivity contribution in [2.75, 3.05) is 0 Å². The zero-order valence-electron chi connectivity index (χ0n) is 25.4. The van der Waals surface area contributed by atoms with E-state index >= 15 is 0 Å². The molecular weight excluding hydrogens is 524 g/mol. The molecule has 0 unspecified atom stereocenters. The minimum Gasteiger partial charge on any atom is -0.309 e. The van der Waals surface area contributed by atoms with E-state index in [1.54, 1.807) is 0 Å². The molecule has 7 rings (SSSR count). The number of benzene rings is 5. The summed E-state index contributed by atoms with van der Waals surface area (Å²) < 4.78 is 4.66. The maximum Gasteiger partial charge on any atom is 0.169 e. The molecule has 0 aliphatic carbocycles. The van der Waals surface area contributed by atoms with Crippen molar-refractivity contribution in [3.05, 3.63) is 132 Å². The molecule has 0 fully saturated rings. The Morgan fingerprint density at radius 1 is 0.512 bits per heavy atom. The molecule has 2 aromatic heterocycles. The molecule has 4 heteroatoms. The summed E-state index contributed by atoms with van der Waals surface area (Å²) in [5, 5.41) is 12.3. The highest BCUT2D eigenvalue weighted by Crippen LogP contribution is 2.38. The van der Waals surface area contributed by atoms with Gasteiger partial charge in [0.05, 0.1) is 16.7 Å². The minimum absolute atomic E-state index is 0.339. The van der Waals surface area contributed by atoms with Gasteiger partial charge in [0.2, 0.25) is 0 Å². The van der Waals surface area contributed by atoms with Crippen molar-refractivity contribution in [3.8, 4) is 34.2 Å². The first-order valence-corrected chi connectivity index (χ1v) is 15.2. The summed E-state index contributed by atoms with van der Waals surface area (Å²) in [6.07, 6.45) is 0. The minimum atomic E-state index is 0.339. The first kappa shape index (κ1) is 26.9. The standard InChI is InChI=1S/C39H36N4/c1-25(2)30-17-12-18-31(26(3)4)37(30)43-38(40-41-39(43)32-14-7-6-13-27(32)5)28-21-23-29(24-22-28)42-35-19-10-8-15-33(35)34-16-9-11-20-36(34)42/h6-26H,1-5H3. The van der Waals surface area contributed by atoms with Gasteiger partial charge < -0.3 is 4.57 Å². The molecule has 0 radical (unpaired) electrons. The van der Waals surface area contributed by atoms with E-state index < -0.39 is 0 Å². The van der Waals surface area contributed by atoms with Gasteiger partial charge >= 0.3 is 0 Å². The second-order valence-electron chi connectivity index (χ2n) is 12.0. The van der Waals surface area contributed by atoms with Crippen molar-refractivity contribution in [1.29, 1.82) is 0 Å². The normalized spacial score (nSPS) is 11.8. The van der Waals surface area contributed by atoms with E-state index in [4.69, 9.17) is 10.2 Å². The summed E-state index contributed by atoms with van der Waals surface area (Å²) >= 11 is 0. The van der Waals surface area contributed by atoms with Gasteiger partial charge in [-0.05, 0) is 71.8 Å². The summed E-state index contributed by atoms with van der Waals surface area (Å²) in [4.78, 5) is 0. The predicted molar refractivity (Wildman–Crippen MR) is 179 cm³/mol. The van der Waals surface area contributed by atoms with Crippen LogP contribution in [-0.4, -0.2) is 19.3 Å². The molecule has 0 bridgehead atoms. The highest BCUT2D eigenvalue weighted by Gasteiger charge is 2.24. The molecular formula is C39H36N4. The quantitative estimate of drug-likeness (QED) is 0.203. The maximum atomic E-state index is 4.88. The average Bonchev–Trinajstić information content (AvgIpc) is 3.61. The molecule has 212 valence electrons. The fraction of sp³-hybridized carbons (Fsp3) is 0.179. The van der Waals surface area contributed by atoms with E-state index in [2.05, 4.69) is 159 Å². The summed E-state index contributed by atoms with van der Waals surface area (Å²) in [6.45, 7) is 11.2. The number of aromatic nitrogens is 4. The molecule has 0 aliphatic rings. The van der Waals surface area contributed by atoms with E-state index in [1.165, 1.54) is 44.2 Å². The number of rotatable bonds is 6. The van der Waals surface area contributed by atoms with Crippen molar-refractivity contribution in [2.45, 2.75) is 46.5 Å². The molecule has 4 nitrogen and oxygen atoms in total. The van der Waals surface area contributed by atoms with Crippen LogP contribution in [0.4, 0.5) is 0 Å². The van der Waals surface area contributed by atoms with Crippen molar-refractivity contribution >= 4 is 21.8 Å². The van der Waals surface area contributed by atoms with Gasteiger partial charge in [0.15, 0.2) is 11.6 Å². The van der Waals surface area contributed by atoms with Gasteiger partial charge in [-0.2, -0.15) is 0 Å². The predicted octanol–water partition coefficient (Wildman–Crippen LogP) is 10.3. The highest BCUT2D eigenvalue weighted by atomic mass is 15.3. The smallest absolute Gasteiger partial charge is 0.169 e. The Morgan fingerprint density at radius 3 is 1.63 bits per heavy atom. The molecule has 0 N–H and O–H groups in total. The second kappa shape index (κ2) is 10.7. The molecule has 0 saturated heterocycles. The van der Waals surface area contributed by atoms with Crippen molar-refractivity contribution < 1.29 is 0 Å². The van der Waals surface area contributed by atoms with E-state index in [-0.39, 0.29) is 0 Å². The molecule has 0 atom stereocenters. The number of aryl methyl sites for hydroxylation is 1. The Hall–Kier alpha value is -4.96. The highest BCUT2D eigenvalue weighted by molar-refractivity contribution is 6.09. The Kier molecular flexibility index (Phi) is 6.70. The third-order valence-corrected chi connectivity index (χ3v) is 8.58. The van der Waals surface area contributed by atoms with Crippen molar-refractivity contribution in [3.63, 3.8) is 0 Å². The molecule has 0 aliphatic heterocycles. The van der Waals surface area contributed by atoms with Crippen molar-refractivity contribution in [1.82, 2.24) is 19.3 Å². The second-order valence-corrected chi connectivity index (χ2v) is 12.0. The number of fused-ring (bicyclic) bond motifs is 3. The Labute approximate surface area is 253 Å². The molecule has 7 aromatic rings. The van der Waals surface area contributed by atoms with Gasteiger partial charge in [-0.1, -0.05) is 107 Å². The van der Waals surface area contributed by atoms with Crippen LogP contribution in [0.2, 0.25) is 0 Å². The number of hydrogen-bond acceptors (Lipinski definition) is 2. The number of para-hydroxylation sites is 3. The third kappa shape index (κ3) is 4.45. The van der Waals surface area contributed by atoms with Gasteiger partial charge in [0.25, 0.3) is 0 Å². The zero-order valence-corrected chi connectivity index (χ0v) is 25.4. The van der Waals surface area contributed by atoms with Crippen molar-refractivity contribution in [2.24, 2.45) is 0 Å². The molecule has 0 amide bonds. The average molecular weight is 561 g/mol. The summed E-state index contributed by atoms with van der Waals surface area (Å²) in [7, 11) is 0. The summed E-state index contributed by atoms with van der Waals surface area (Å²) in [5.41, 5.74) is 10.6. The van der Waals surface area contributed by atoms with Crippen LogP contribution in [0.25, 0.3) is 56.0 Å². The molecule has 5 aromatic carbocycles. The van der Waals surface area contributed by atoms with Crippen LogP contribution < -0.4 is 0 Å². The van der Waals surface area contributed by atoms with E-state index in [0.29, 0.717) is 11.8 Å². The fourth-order valence-corrected chi connectivity index (χ4v) is 6.41. The SMILES string of the molecule is Cc1ccccc1-c1nnc(-c2ccc(-n3c4ccccc4c4ccccc43)cc2)n1-c1c(C(C)C)cccc1C(C)C. The lowest BCUT2D eigenvalue weighted by Crippen LogP contribution is -2.10. The largest absolute Gasteiger partial charge is 0.309 e. The maximum absolute atomic E-state index is 4.88. The lowest BCUT2D eigenvalue weighted by molar-refractivity contribution is 0.807. The van der Waals surface area contributed by atoms with Crippen LogP contribution in [0.5, 0.6) is 0 Å². The molecule has 2 heterocycles. The van der Waals surface area contributed by atoms with Crippen LogP contribution in [0.1, 0.15) is 56.2 Å². The molecule has 0 spiro atoms. The molecule has 43 heavy (non-hydrogen) atoms. The van der Waals surface area contributed by atoms with Crippen LogP contribution in [0, 0.1) is 6.92 Å². The first-order valence-electron chi connectivity index (χ1n) is 15.2. The lowest BCUT2D eigenvalue weighted by atomic mass is 9.92. The summed E-state index contributed by atoms with van der Waals surface area (Å²) in [6, 6.07) is 41.2. The number of nitrogens with zero attached hydrogens (tertiary/aromatic N) is 4. The fourth-order valence-electron chi connectivity index (χ4n) is 6.41. The van der Waals surface area contributed by atoms with Gasteiger partial charge in [-0.25, -0.2) is 0 Å². The van der Waals surface area contributed by atoms with E-state index in [9.17, 15) is 0 Å². The van der Waals surface area contributed by atoms with Gasteiger partial charge in [0, 0.05) is 27.6 Å². The first-order chi connectivity index (χ1) is 20.9. The van der Waals surface area contributed by atoms with Gasteiger partial charge in [-0.15, -0.1) is 10.2 Å². The Balaban J connectivity index is 1.46. The van der Waals surface area contributed by atoms with E-state index in [0.717, 1.165) is 28.5 Å². The number of hydrogen-bond donors (Lipinski definition) is 0. The van der Waals surface area contributed by atoms with Crippen LogP contribution in [0.15, 0.2) is 115 Å². The van der Waals surface area contributed by atoms with Gasteiger partial charge in [-0.3, -0.25) is 4.57 Å². The van der Waals surface area contributed by atoms with Crippen LogP contribution in [0.3, 0.4) is 0 Å². The van der Waals surface area contributed by atoms with Crippen LogP contribution in [-0.2, 0) is 0 Å². The molecule has 0 saturated carbocycles. The van der Waals surface area contributed by atoms with Crippen LogP contribution >= 0.6 is 0 Å².